The number of hydrogen-bond acceptors (Lipinski definition) is 3. The van der Waals surface area contributed by atoms with Crippen molar-refractivity contribution in [2.24, 2.45) is 0 Å². The molecule has 0 aliphatic carbocycles. The highest BCUT2D eigenvalue weighted by Crippen LogP contribution is 2.23. The minimum atomic E-state index is 0.551. The number of nitrogens with zero attached hydrogens (tertiary/aromatic N) is 2. The van der Waals surface area contributed by atoms with Crippen molar-refractivity contribution in [1.82, 2.24) is 9.97 Å². The van der Waals surface area contributed by atoms with Crippen molar-refractivity contribution in [2.45, 2.75) is 13.3 Å². The summed E-state index contributed by atoms with van der Waals surface area (Å²) in [6.45, 7) is 2.06. The van der Waals surface area contributed by atoms with E-state index in [9.17, 15) is 0 Å². The van der Waals surface area contributed by atoms with Crippen LogP contribution in [0.3, 0.4) is 0 Å². The number of hydrogen-bond donors (Lipinski definition) is 1. The van der Waals surface area contributed by atoms with Crippen molar-refractivity contribution < 1.29 is 0 Å². The standard InChI is InChI=1S/C12H11BrIN3/c1-2-9-10(14)11(15)17-12(16-9)7-3-5-8(13)6-4-7/h3-6H,2H2,1H3,(H2,15,16,17). The Balaban J connectivity index is 2.52. The molecule has 0 aliphatic heterocycles. The molecule has 3 nitrogen and oxygen atoms in total. The molecule has 0 spiro atoms. The summed E-state index contributed by atoms with van der Waals surface area (Å²) in [5, 5.41) is 0. The van der Waals surface area contributed by atoms with Crippen LogP contribution in [0.1, 0.15) is 12.6 Å². The number of aryl methyl sites for hydroxylation is 1. The number of benzene rings is 1. The van der Waals surface area contributed by atoms with Gasteiger partial charge in [-0.2, -0.15) is 0 Å². The van der Waals surface area contributed by atoms with Gasteiger partial charge in [-0.05, 0) is 41.1 Å². The third-order valence-corrected chi connectivity index (χ3v) is 4.09. The highest BCUT2D eigenvalue weighted by Gasteiger charge is 2.09. The second kappa shape index (κ2) is 5.30. The van der Waals surface area contributed by atoms with Gasteiger partial charge in [0.1, 0.15) is 5.82 Å². The Hall–Kier alpha value is -0.690. The topological polar surface area (TPSA) is 51.8 Å². The number of halogens is 2. The summed E-state index contributed by atoms with van der Waals surface area (Å²) in [6.07, 6.45) is 0.856. The van der Waals surface area contributed by atoms with Crippen LogP contribution in [0.25, 0.3) is 11.4 Å². The zero-order valence-corrected chi connectivity index (χ0v) is 13.0. The van der Waals surface area contributed by atoms with E-state index in [0.717, 1.165) is 25.7 Å². The summed E-state index contributed by atoms with van der Waals surface area (Å²) in [7, 11) is 0. The molecule has 0 aliphatic rings. The lowest BCUT2D eigenvalue weighted by atomic mass is 10.2. The van der Waals surface area contributed by atoms with Gasteiger partial charge >= 0.3 is 0 Å². The summed E-state index contributed by atoms with van der Waals surface area (Å²) < 4.78 is 1.99. The Bertz CT molecular complexity index is 540. The predicted molar refractivity (Wildman–Crippen MR) is 81.7 cm³/mol. The van der Waals surface area contributed by atoms with Gasteiger partial charge in [-0.3, -0.25) is 0 Å². The average Bonchev–Trinajstić information content (AvgIpc) is 2.33. The lowest BCUT2D eigenvalue weighted by Gasteiger charge is -2.07. The molecule has 17 heavy (non-hydrogen) atoms. The largest absolute Gasteiger partial charge is 0.383 e. The van der Waals surface area contributed by atoms with Crippen LogP contribution in [0.2, 0.25) is 0 Å². The molecule has 0 unspecified atom stereocenters. The second-order valence-electron chi connectivity index (χ2n) is 3.55. The molecule has 0 saturated heterocycles. The molecule has 5 heteroatoms. The van der Waals surface area contributed by atoms with E-state index in [-0.39, 0.29) is 0 Å². The monoisotopic (exact) mass is 403 g/mol. The molecular formula is C12H11BrIN3. The van der Waals surface area contributed by atoms with Gasteiger partial charge in [-0.15, -0.1) is 0 Å². The Kier molecular flexibility index (Phi) is 3.98. The van der Waals surface area contributed by atoms with Crippen molar-refractivity contribution in [1.29, 1.82) is 0 Å². The number of nitrogen functional groups attached to an aromatic ring is 1. The fourth-order valence-corrected chi connectivity index (χ4v) is 2.36. The minimum absolute atomic E-state index is 0.551. The summed E-state index contributed by atoms with van der Waals surface area (Å²) in [5.41, 5.74) is 7.87. The molecule has 1 heterocycles. The molecule has 0 fully saturated rings. The lowest BCUT2D eigenvalue weighted by molar-refractivity contribution is 0.994. The van der Waals surface area contributed by atoms with Gasteiger partial charge in [0.25, 0.3) is 0 Å². The van der Waals surface area contributed by atoms with Crippen molar-refractivity contribution in [3.05, 3.63) is 38.0 Å². The summed E-state index contributed by atoms with van der Waals surface area (Å²) >= 11 is 5.59. The molecule has 2 aromatic rings. The summed E-state index contributed by atoms with van der Waals surface area (Å²) in [6, 6.07) is 7.90. The van der Waals surface area contributed by atoms with E-state index in [0.29, 0.717) is 11.6 Å². The first-order valence-electron chi connectivity index (χ1n) is 5.19. The summed E-state index contributed by atoms with van der Waals surface area (Å²) in [5.74, 6) is 1.24. The van der Waals surface area contributed by atoms with Gasteiger partial charge in [-0.1, -0.05) is 35.0 Å². The smallest absolute Gasteiger partial charge is 0.161 e. The van der Waals surface area contributed by atoms with Crippen LogP contribution in [0.5, 0.6) is 0 Å². The van der Waals surface area contributed by atoms with E-state index in [1.54, 1.807) is 0 Å². The Morgan fingerprint density at radius 2 is 1.88 bits per heavy atom. The van der Waals surface area contributed by atoms with Crippen molar-refractivity contribution >= 4 is 44.3 Å². The average molecular weight is 404 g/mol. The van der Waals surface area contributed by atoms with E-state index in [1.807, 2.05) is 24.3 Å². The van der Waals surface area contributed by atoms with Crippen LogP contribution >= 0.6 is 38.5 Å². The molecule has 1 aromatic carbocycles. The highest BCUT2D eigenvalue weighted by molar-refractivity contribution is 14.1. The molecule has 0 radical (unpaired) electrons. The van der Waals surface area contributed by atoms with Gasteiger partial charge in [0, 0.05) is 10.0 Å². The molecule has 0 saturated carbocycles. The Labute approximate surface area is 122 Å². The maximum absolute atomic E-state index is 5.90. The van der Waals surface area contributed by atoms with E-state index < -0.39 is 0 Å². The normalized spacial score (nSPS) is 10.5. The fourth-order valence-electron chi connectivity index (χ4n) is 1.48. The van der Waals surface area contributed by atoms with Crippen molar-refractivity contribution in [3.8, 4) is 11.4 Å². The van der Waals surface area contributed by atoms with E-state index in [1.165, 1.54) is 0 Å². The van der Waals surface area contributed by atoms with Gasteiger partial charge in [0.15, 0.2) is 5.82 Å². The molecule has 88 valence electrons. The lowest BCUT2D eigenvalue weighted by Crippen LogP contribution is -2.04. The van der Waals surface area contributed by atoms with Gasteiger partial charge in [0.2, 0.25) is 0 Å². The van der Waals surface area contributed by atoms with Gasteiger partial charge in [-0.25, -0.2) is 9.97 Å². The number of rotatable bonds is 2. The van der Waals surface area contributed by atoms with Crippen LogP contribution in [-0.2, 0) is 6.42 Å². The molecule has 0 amide bonds. The third kappa shape index (κ3) is 2.77. The molecular weight excluding hydrogens is 393 g/mol. The second-order valence-corrected chi connectivity index (χ2v) is 5.55. The Morgan fingerprint density at radius 3 is 2.47 bits per heavy atom. The van der Waals surface area contributed by atoms with Crippen molar-refractivity contribution in [3.63, 3.8) is 0 Å². The van der Waals surface area contributed by atoms with E-state index >= 15 is 0 Å². The number of aromatic nitrogens is 2. The minimum Gasteiger partial charge on any atom is -0.383 e. The fraction of sp³-hybridized carbons (Fsp3) is 0.167. The van der Waals surface area contributed by atoms with Crippen LogP contribution in [0.4, 0.5) is 5.82 Å². The van der Waals surface area contributed by atoms with E-state index in [2.05, 4.69) is 55.4 Å². The van der Waals surface area contributed by atoms with Crippen LogP contribution in [-0.4, -0.2) is 9.97 Å². The maximum atomic E-state index is 5.90. The molecule has 0 atom stereocenters. The zero-order chi connectivity index (χ0) is 12.4. The van der Waals surface area contributed by atoms with Crippen molar-refractivity contribution in [2.75, 3.05) is 5.73 Å². The first kappa shape index (κ1) is 12.8. The van der Waals surface area contributed by atoms with Crippen LogP contribution in [0, 0.1) is 3.57 Å². The molecule has 1 aromatic heterocycles. The molecule has 2 rings (SSSR count). The number of nitrogens with two attached hydrogens (primary N) is 1. The van der Waals surface area contributed by atoms with Crippen LogP contribution in [0.15, 0.2) is 28.7 Å². The number of anilines is 1. The Morgan fingerprint density at radius 1 is 1.24 bits per heavy atom. The molecule has 0 bridgehead atoms. The van der Waals surface area contributed by atoms with E-state index in [4.69, 9.17) is 5.73 Å². The highest BCUT2D eigenvalue weighted by atomic mass is 127. The third-order valence-electron chi connectivity index (χ3n) is 2.38. The quantitative estimate of drug-likeness (QED) is 0.778. The van der Waals surface area contributed by atoms with Gasteiger partial charge < -0.3 is 5.73 Å². The first-order chi connectivity index (χ1) is 8.11. The zero-order valence-electron chi connectivity index (χ0n) is 9.24. The first-order valence-corrected chi connectivity index (χ1v) is 7.06. The van der Waals surface area contributed by atoms with Gasteiger partial charge in [0.05, 0.1) is 9.26 Å². The molecule has 2 N–H and O–H groups in total. The predicted octanol–water partition coefficient (Wildman–Crippen LogP) is 3.66. The maximum Gasteiger partial charge on any atom is 0.161 e. The van der Waals surface area contributed by atoms with Crippen LogP contribution < -0.4 is 5.73 Å². The summed E-state index contributed by atoms with van der Waals surface area (Å²) in [4.78, 5) is 8.86. The SMILES string of the molecule is CCc1nc(-c2ccc(Br)cc2)nc(N)c1I.